The summed E-state index contributed by atoms with van der Waals surface area (Å²) >= 11 is 0. The fourth-order valence-corrected chi connectivity index (χ4v) is 7.50. The van der Waals surface area contributed by atoms with Crippen molar-refractivity contribution < 1.29 is 33.1 Å². The van der Waals surface area contributed by atoms with Crippen LogP contribution < -0.4 is 15.2 Å². The lowest BCUT2D eigenvalue weighted by atomic mass is 9.84. The summed E-state index contributed by atoms with van der Waals surface area (Å²) < 4.78 is 18.2. The first-order valence-corrected chi connectivity index (χ1v) is 23.1. The zero-order valence-electron chi connectivity index (χ0n) is 35.3. The number of benzene rings is 2. The van der Waals surface area contributed by atoms with Gasteiger partial charge in [-0.05, 0) is 91.5 Å². The van der Waals surface area contributed by atoms with Gasteiger partial charge in [0, 0.05) is 37.8 Å². The highest BCUT2D eigenvalue weighted by molar-refractivity contribution is 6.74. The highest BCUT2D eigenvalue weighted by atomic mass is 28.4. The molecule has 1 aliphatic heterocycles. The van der Waals surface area contributed by atoms with Crippen molar-refractivity contribution in [3.63, 3.8) is 0 Å². The zero-order chi connectivity index (χ0) is 41.6. The quantitative estimate of drug-likeness (QED) is 0.0738. The molecule has 1 saturated heterocycles. The molecule has 2 aromatic carbocycles. The largest absolute Gasteiger partial charge is 0.543 e. The van der Waals surface area contributed by atoms with Gasteiger partial charge in [0.1, 0.15) is 30.2 Å². The van der Waals surface area contributed by atoms with Crippen molar-refractivity contribution in [3.05, 3.63) is 84.5 Å². The van der Waals surface area contributed by atoms with E-state index in [-0.39, 0.29) is 54.1 Å². The number of hydrogen-bond donors (Lipinski definition) is 2. The molecule has 0 saturated carbocycles. The van der Waals surface area contributed by atoms with E-state index in [0.717, 1.165) is 23.1 Å². The molecule has 10 nitrogen and oxygen atoms in total. The summed E-state index contributed by atoms with van der Waals surface area (Å²) in [5, 5.41) is 4.46. The number of carbonyl (C=O) groups excluding carboxylic acids is 4. The first kappa shape index (κ1) is 46.3. The molecule has 0 unspecified atom stereocenters. The van der Waals surface area contributed by atoms with Crippen LogP contribution in [-0.2, 0) is 41.7 Å². The van der Waals surface area contributed by atoms with Crippen LogP contribution >= 0.6 is 0 Å². The van der Waals surface area contributed by atoms with Gasteiger partial charge in [0.25, 0.3) is 5.91 Å². The molecule has 0 bridgehead atoms. The summed E-state index contributed by atoms with van der Waals surface area (Å²) in [5.41, 5.74) is 5.66. The number of esters is 1. The van der Waals surface area contributed by atoms with E-state index in [4.69, 9.17) is 13.9 Å². The molecule has 56 heavy (non-hydrogen) atoms. The Balaban J connectivity index is 1.86. The summed E-state index contributed by atoms with van der Waals surface area (Å²) in [6.45, 7) is 27.0. The van der Waals surface area contributed by atoms with Crippen molar-refractivity contribution in [2.45, 2.75) is 130 Å². The topological polar surface area (TPSA) is 123 Å². The van der Waals surface area contributed by atoms with Gasteiger partial charge in [-0.15, -0.1) is 6.58 Å². The second-order valence-corrected chi connectivity index (χ2v) is 21.5. The smallest absolute Gasteiger partial charge is 0.325 e. The molecule has 2 N–H and O–H groups in total. The van der Waals surface area contributed by atoms with Gasteiger partial charge in [-0.2, -0.15) is 0 Å². The van der Waals surface area contributed by atoms with Crippen molar-refractivity contribution >= 4 is 38.0 Å². The van der Waals surface area contributed by atoms with Gasteiger partial charge in [0.2, 0.25) is 14.2 Å². The van der Waals surface area contributed by atoms with E-state index in [9.17, 15) is 19.2 Å². The fraction of sp³-hybridized carbons (Fsp3) is 0.556. The molecule has 2 amide bonds. The molecule has 11 heteroatoms. The number of hydrazine groups is 1. The Hall–Kier alpha value is -4.06. The number of Topliss-reactive ketones (excluding diaryl/α,β-unsaturated/α-hetero) is 1. The highest BCUT2D eigenvalue weighted by Gasteiger charge is 2.40. The van der Waals surface area contributed by atoms with E-state index in [2.05, 4.69) is 57.8 Å². The molecule has 0 aliphatic carbocycles. The van der Waals surface area contributed by atoms with Crippen molar-refractivity contribution in [1.29, 1.82) is 0 Å². The third-order valence-corrected chi connectivity index (χ3v) is 15.5. The van der Waals surface area contributed by atoms with Crippen molar-refractivity contribution in [1.82, 2.24) is 15.8 Å². The Morgan fingerprint density at radius 2 is 1.73 bits per heavy atom. The van der Waals surface area contributed by atoms with Crippen LogP contribution in [0.15, 0.2) is 67.8 Å². The molecule has 5 atom stereocenters. The molecule has 3 rings (SSSR count). The molecular formula is C45H67N3O7Si. The molecule has 308 valence electrons. The third-order valence-electron chi connectivity index (χ3n) is 11.1. The monoisotopic (exact) mass is 789 g/mol. The molecule has 1 aliphatic rings. The van der Waals surface area contributed by atoms with E-state index >= 15 is 0 Å². The van der Waals surface area contributed by atoms with Gasteiger partial charge in [0.15, 0.2) is 0 Å². The minimum Gasteiger partial charge on any atom is -0.543 e. The molecule has 1 fully saturated rings. The van der Waals surface area contributed by atoms with E-state index in [1.807, 2.05) is 82.3 Å². The van der Waals surface area contributed by atoms with Crippen molar-refractivity contribution in [3.8, 4) is 5.75 Å². The van der Waals surface area contributed by atoms with Crippen LogP contribution in [0.3, 0.4) is 0 Å². The van der Waals surface area contributed by atoms with Gasteiger partial charge in [-0.25, -0.2) is 5.43 Å². The number of nitrogens with one attached hydrogen (secondary N) is 2. The van der Waals surface area contributed by atoms with Gasteiger partial charge in [-0.3, -0.25) is 24.2 Å². The van der Waals surface area contributed by atoms with Crippen LogP contribution in [-0.4, -0.2) is 68.2 Å². The summed E-state index contributed by atoms with van der Waals surface area (Å²) in [5.74, 6) is -1.83. The van der Waals surface area contributed by atoms with Gasteiger partial charge in [-0.1, -0.05) is 90.6 Å². The zero-order valence-corrected chi connectivity index (χ0v) is 36.3. The van der Waals surface area contributed by atoms with Crippen LogP contribution in [0.25, 0.3) is 6.08 Å². The lowest BCUT2D eigenvalue weighted by molar-refractivity contribution is -0.154. The number of nitrogens with zero attached hydrogens (tertiary/aromatic N) is 1. The molecular weight excluding hydrogens is 723 g/mol. The summed E-state index contributed by atoms with van der Waals surface area (Å²) in [6.07, 6.45) is 5.89. The maximum Gasteiger partial charge on any atom is 0.325 e. The average Bonchev–Trinajstić information content (AvgIpc) is 3.16. The minimum absolute atomic E-state index is 0.0160. The van der Waals surface area contributed by atoms with E-state index in [0.29, 0.717) is 38.2 Å². The predicted octanol–water partition coefficient (Wildman–Crippen LogP) is 8.22. The Bertz CT molecular complexity index is 1650. The Morgan fingerprint density at radius 1 is 1.04 bits per heavy atom. The maximum atomic E-state index is 14.5. The average molecular weight is 790 g/mol. The molecule has 2 aromatic rings. The maximum absolute atomic E-state index is 14.5. The van der Waals surface area contributed by atoms with E-state index in [1.165, 1.54) is 5.01 Å². The molecule has 1 heterocycles. The first-order valence-electron chi connectivity index (χ1n) is 20.2. The SMILES string of the molecule is C=CCC[C@@H](OCC)[C@@H](C)C(=O)C[C@H](C(=O)N[C@@H](Cc1cccc(O[Si](C)(C)C(C)(C)C)c1)C(=O)N1CCC[C@@H](C(=O)OCc2cccc(C=C)c2)N1)C(C)C. The second kappa shape index (κ2) is 21.5. The van der Waals surface area contributed by atoms with Gasteiger partial charge >= 0.3 is 5.97 Å². The van der Waals surface area contributed by atoms with Crippen LogP contribution in [0.1, 0.15) is 97.3 Å². The van der Waals surface area contributed by atoms with Crippen LogP contribution in [0.4, 0.5) is 0 Å². The number of ketones is 1. The summed E-state index contributed by atoms with van der Waals surface area (Å²) in [4.78, 5) is 55.6. The van der Waals surface area contributed by atoms with Gasteiger partial charge < -0.3 is 19.2 Å². The number of rotatable bonds is 21. The van der Waals surface area contributed by atoms with Crippen molar-refractivity contribution in [2.75, 3.05) is 13.2 Å². The van der Waals surface area contributed by atoms with Crippen LogP contribution in [0.2, 0.25) is 18.1 Å². The Morgan fingerprint density at radius 3 is 2.38 bits per heavy atom. The summed E-state index contributed by atoms with van der Waals surface area (Å²) in [6, 6.07) is 13.5. The Kier molecular flexibility index (Phi) is 17.7. The fourth-order valence-electron chi connectivity index (χ4n) is 6.48. The molecule has 0 spiro atoms. The summed E-state index contributed by atoms with van der Waals surface area (Å²) in [7, 11) is -2.16. The minimum atomic E-state index is -2.16. The lowest BCUT2D eigenvalue weighted by Gasteiger charge is -2.36. The van der Waals surface area contributed by atoms with E-state index in [1.54, 1.807) is 6.08 Å². The number of allylic oxidation sites excluding steroid dienone is 1. The lowest BCUT2D eigenvalue weighted by Crippen LogP contribution is -2.60. The number of amides is 2. The standard InChI is InChI=1S/C45H67N3O7Si/c1-12-15-24-41(53-14-3)32(6)40(49)29-37(31(4)5)42(50)46-39(28-34-20-17-22-36(27-34)55-56(10,11)45(7,8)9)43(51)48-25-18-23-38(47-48)44(52)54-30-35-21-16-19-33(13-2)26-35/h12-13,16-17,19-22,26-27,31-32,37-39,41,47H,1-2,14-15,18,23-25,28-30H2,3-11H3,(H,46,50)/t32-,37-,38-,39-,41+/m0/s1. The number of ether oxygens (including phenoxy) is 2. The van der Waals surface area contributed by atoms with Crippen molar-refractivity contribution in [2.24, 2.45) is 17.8 Å². The van der Waals surface area contributed by atoms with E-state index < -0.39 is 38.2 Å². The van der Waals surface area contributed by atoms with Crippen LogP contribution in [0.5, 0.6) is 5.75 Å². The van der Waals surface area contributed by atoms with Gasteiger partial charge in [0.05, 0.1) is 6.10 Å². The predicted molar refractivity (Wildman–Crippen MR) is 226 cm³/mol. The Labute approximate surface area is 336 Å². The first-order chi connectivity index (χ1) is 26.4. The van der Waals surface area contributed by atoms with Crippen LogP contribution in [0, 0.1) is 17.8 Å². The highest BCUT2D eigenvalue weighted by Crippen LogP contribution is 2.37. The normalized spacial score (nSPS) is 17.0. The number of carbonyl (C=O) groups is 4. The molecule has 0 aromatic heterocycles. The third kappa shape index (κ3) is 13.6. The number of hydrogen-bond acceptors (Lipinski definition) is 8. The molecule has 0 radical (unpaired) electrons. The second-order valence-electron chi connectivity index (χ2n) is 16.8.